The Morgan fingerprint density at radius 2 is 2.06 bits per heavy atom. The van der Waals surface area contributed by atoms with E-state index in [2.05, 4.69) is 32.3 Å². The molecule has 1 aromatic heterocycles. The number of amides is 1. The Balaban J connectivity index is 1.53. The highest BCUT2D eigenvalue weighted by molar-refractivity contribution is 9.10. The van der Waals surface area contributed by atoms with Gasteiger partial charge in [-0.15, -0.1) is 0 Å². The third-order valence-corrected chi connectivity index (χ3v) is 7.17. The van der Waals surface area contributed by atoms with Crippen LogP contribution in [0.3, 0.4) is 0 Å². The fourth-order valence-corrected chi connectivity index (χ4v) is 5.19. The van der Waals surface area contributed by atoms with Gasteiger partial charge in [-0.05, 0) is 59.8 Å². The predicted octanol–water partition coefficient (Wildman–Crippen LogP) is 4.72. The first-order valence-corrected chi connectivity index (χ1v) is 11.9. The number of ether oxygens (including phenoxy) is 1. The summed E-state index contributed by atoms with van der Waals surface area (Å²) in [4.78, 5) is 19.5. The van der Waals surface area contributed by atoms with Gasteiger partial charge >= 0.3 is 0 Å². The van der Waals surface area contributed by atoms with Crippen LogP contribution in [0.1, 0.15) is 23.2 Å². The van der Waals surface area contributed by atoms with E-state index in [-0.39, 0.29) is 11.9 Å². The quantitative estimate of drug-likeness (QED) is 0.367. The van der Waals surface area contributed by atoms with E-state index < -0.39 is 0 Å². The Morgan fingerprint density at radius 1 is 1.15 bits per heavy atom. The van der Waals surface area contributed by atoms with Crippen LogP contribution in [-0.4, -0.2) is 28.0 Å². The van der Waals surface area contributed by atoms with Gasteiger partial charge in [-0.25, -0.2) is 4.98 Å². The summed E-state index contributed by atoms with van der Waals surface area (Å²) < 4.78 is 9.23. The molecular formula is C26H20BrN5O2. The van der Waals surface area contributed by atoms with Crippen molar-refractivity contribution in [3.8, 4) is 17.6 Å². The summed E-state index contributed by atoms with van der Waals surface area (Å²) >= 11 is 3.64. The number of nitriles is 1. The average Bonchev–Trinajstić information content (AvgIpc) is 3.43. The lowest BCUT2D eigenvalue weighted by molar-refractivity contribution is -0.118. The fraction of sp³-hybridized carbons (Fsp3) is 0.192. The molecule has 8 heteroatoms. The molecule has 0 saturated carbocycles. The topological polar surface area (TPSA) is 83.2 Å². The van der Waals surface area contributed by atoms with Crippen LogP contribution < -0.4 is 15.0 Å². The molecule has 1 fully saturated rings. The van der Waals surface area contributed by atoms with E-state index >= 15 is 0 Å². The van der Waals surface area contributed by atoms with Crippen molar-refractivity contribution in [3.05, 3.63) is 82.3 Å². The maximum atomic E-state index is 13.3. The molecule has 4 aromatic rings. The van der Waals surface area contributed by atoms with Gasteiger partial charge in [0, 0.05) is 35.7 Å². The molecule has 7 nitrogen and oxygen atoms in total. The Bertz CT molecular complexity index is 1490. The van der Waals surface area contributed by atoms with Crippen molar-refractivity contribution in [1.82, 2.24) is 14.9 Å². The second-order valence-electron chi connectivity index (χ2n) is 8.54. The summed E-state index contributed by atoms with van der Waals surface area (Å²) in [6.07, 6.45) is 4.33. The van der Waals surface area contributed by atoms with Crippen molar-refractivity contribution >= 4 is 38.3 Å². The number of imidazole rings is 1. The SMILES string of the molecule is N#Cc1ccc2cc1Oc1ccc3c(Br)ccc(c3c1)N1CC[C@@H](NCc3cncn3C2)C1=O. The van der Waals surface area contributed by atoms with E-state index in [0.29, 0.717) is 36.7 Å². The average molecular weight is 514 g/mol. The van der Waals surface area contributed by atoms with Gasteiger partial charge in [0.15, 0.2) is 0 Å². The summed E-state index contributed by atoms with van der Waals surface area (Å²) in [6.45, 7) is 1.75. The van der Waals surface area contributed by atoms with Crippen LogP contribution >= 0.6 is 15.9 Å². The molecular weight excluding hydrogens is 494 g/mol. The number of hydrogen-bond acceptors (Lipinski definition) is 5. The van der Waals surface area contributed by atoms with Crippen LogP contribution in [0.15, 0.2) is 65.5 Å². The highest BCUT2D eigenvalue weighted by Crippen LogP contribution is 2.38. The summed E-state index contributed by atoms with van der Waals surface area (Å²) in [6, 6.07) is 17.3. The van der Waals surface area contributed by atoms with Crippen molar-refractivity contribution in [2.75, 3.05) is 11.4 Å². The van der Waals surface area contributed by atoms with Gasteiger partial charge in [-0.3, -0.25) is 4.79 Å². The number of nitrogens with zero attached hydrogens (tertiary/aromatic N) is 4. The van der Waals surface area contributed by atoms with Crippen molar-refractivity contribution < 1.29 is 9.53 Å². The monoisotopic (exact) mass is 513 g/mol. The number of fused-ring (bicyclic) bond motifs is 7. The van der Waals surface area contributed by atoms with Gasteiger partial charge < -0.3 is 19.5 Å². The molecule has 168 valence electrons. The van der Waals surface area contributed by atoms with Crippen LogP contribution in [0.25, 0.3) is 10.8 Å². The maximum Gasteiger partial charge on any atom is 0.244 e. The molecule has 1 amide bonds. The maximum absolute atomic E-state index is 13.3. The van der Waals surface area contributed by atoms with E-state index in [4.69, 9.17) is 4.74 Å². The fourth-order valence-electron chi connectivity index (χ4n) is 4.71. The highest BCUT2D eigenvalue weighted by Gasteiger charge is 2.33. The number of carbonyl (C=O) groups is 1. The molecule has 0 radical (unpaired) electrons. The van der Waals surface area contributed by atoms with Gasteiger partial charge in [0.1, 0.15) is 17.6 Å². The molecule has 1 N–H and O–H groups in total. The first-order chi connectivity index (χ1) is 16.6. The van der Waals surface area contributed by atoms with Crippen LogP contribution in [0.4, 0.5) is 5.69 Å². The van der Waals surface area contributed by atoms with Crippen LogP contribution in [-0.2, 0) is 17.9 Å². The number of aromatic nitrogens is 2. The van der Waals surface area contributed by atoms with Crippen LogP contribution in [0.2, 0.25) is 0 Å². The minimum atomic E-state index is -0.254. The summed E-state index contributed by atoms with van der Waals surface area (Å²) in [5, 5.41) is 15.0. The van der Waals surface area contributed by atoms with Gasteiger partial charge in [0.05, 0.1) is 29.3 Å². The van der Waals surface area contributed by atoms with Gasteiger partial charge in [-0.1, -0.05) is 22.0 Å². The molecule has 0 spiro atoms. The first kappa shape index (κ1) is 20.9. The Morgan fingerprint density at radius 3 is 2.94 bits per heavy atom. The largest absolute Gasteiger partial charge is 0.456 e. The summed E-state index contributed by atoms with van der Waals surface area (Å²) in [7, 11) is 0. The second-order valence-corrected chi connectivity index (χ2v) is 9.40. The molecule has 0 unspecified atom stereocenters. The number of hydrogen-bond donors (Lipinski definition) is 1. The molecule has 34 heavy (non-hydrogen) atoms. The van der Waals surface area contributed by atoms with E-state index in [0.717, 1.165) is 38.6 Å². The number of nitrogens with one attached hydrogen (secondary N) is 1. The molecule has 3 heterocycles. The van der Waals surface area contributed by atoms with E-state index in [9.17, 15) is 10.1 Å². The smallest absolute Gasteiger partial charge is 0.244 e. The minimum absolute atomic E-state index is 0.0603. The Kier molecular flexibility index (Phi) is 5.09. The predicted molar refractivity (Wildman–Crippen MR) is 132 cm³/mol. The summed E-state index contributed by atoms with van der Waals surface area (Å²) in [5.74, 6) is 1.17. The van der Waals surface area contributed by atoms with Crippen molar-refractivity contribution in [2.24, 2.45) is 0 Å². The molecule has 2 aliphatic rings. The van der Waals surface area contributed by atoms with Crippen molar-refractivity contribution in [3.63, 3.8) is 0 Å². The van der Waals surface area contributed by atoms with Gasteiger partial charge in [0.2, 0.25) is 5.91 Å². The summed E-state index contributed by atoms with van der Waals surface area (Å²) in [5.41, 5.74) is 3.29. The third-order valence-electron chi connectivity index (χ3n) is 6.48. The molecule has 0 aliphatic carbocycles. The van der Waals surface area contributed by atoms with Crippen LogP contribution in [0.5, 0.6) is 11.5 Å². The molecule has 6 bridgehead atoms. The zero-order chi connectivity index (χ0) is 23.2. The second kappa shape index (κ2) is 8.28. The van der Waals surface area contributed by atoms with Crippen molar-refractivity contribution in [2.45, 2.75) is 25.6 Å². The lowest BCUT2D eigenvalue weighted by Gasteiger charge is -2.21. The number of benzene rings is 3. The van der Waals surface area contributed by atoms with Gasteiger partial charge in [0.25, 0.3) is 0 Å². The lowest BCUT2D eigenvalue weighted by Crippen LogP contribution is -2.38. The molecule has 1 saturated heterocycles. The number of rotatable bonds is 0. The number of carbonyl (C=O) groups excluding carboxylic acids is 1. The molecule has 6 rings (SSSR count). The Labute approximate surface area is 204 Å². The highest BCUT2D eigenvalue weighted by atomic mass is 79.9. The lowest BCUT2D eigenvalue weighted by atomic mass is 10.1. The van der Waals surface area contributed by atoms with E-state index in [1.165, 1.54) is 0 Å². The third kappa shape index (κ3) is 3.54. The number of halogens is 1. The van der Waals surface area contributed by atoms with Crippen LogP contribution in [0, 0.1) is 11.3 Å². The van der Waals surface area contributed by atoms with Gasteiger partial charge in [-0.2, -0.15) is 5.26 Å². The van der Waals surface area contributed by atoms with Crippen molar-refractivity contribution in [1.29, 1.82) is 5.26 Å². The van der Waals surface area contributed by atoms with E-state index in [1.54, 1.807) is 12.4 Å². The zero-order valence-corrected chi connectivity index (χ0v) is 19.7. The molecule has 1 atom stereocenters. The molecule has 2 aliphatic heterocycles. The minimum Gasteiger partial charge on any atom is -0.456 e. The standard InChI is InChI=1S/C26H20BrN5O2/c27-22-5-6-24-21-10-19(3-4-20(21)22)34-25-9-16(1-2-17(25)11-28)14-31-15-29-12-18(31)13-30-23-7-8-32(24)26(23)33/h1-6,9-10,12,15,23,30H,7-8,13-14H2/t23-/m1/s1. The first-order valence-electron chi connectivity index (χ1n) is 11.1. The number of anilines is 1. The Hall–Kier alpha value is -3.67. The van der Waals surface area contributed by atoms with E-state index in [1.807, 2.05) is 58.1 Å². The zero-order valence-electron chi connectivity index (χ0n) is 18.2. The molecule has 3 aromatic carbocycles. The normalized spacial score (nSPS) is 17.5.